The first kappa shape index (κ1) is 10.7. The number of fused-ring (bicyclic) bond motifs is 5. The fourth-order valence-electron chi connectivity index (χ4n) is 3.73. The van der Waals surface area contributed by atoms with Crippen LogP contribution in [0.3, 0.4) is 0 Å². The molecule has 96 valence electrons. The monoisotopic (exact) mass is 259 g/mol. The molecule has 4 fully saturated rings. The maximum atomic E-state index is 12.3. The van der Waals surface area contributed by atoms with E-state index in [4.69, 9.17) is 9.47 Å². The van der Waals surface area contributed by atoms with Gasteiger partial charge in [0.25, 0.3) is 0 Å². The van der Waals surface area contributed by atoms with Crippen LogP contribution >= 0.6 is 0 Å². The molecule has 4 saturated heterocycles. The van der Waals surface area contributed by atoms with Crippen molar-refractivity contribution in [1.82, 2.24) is 4.31 Å². The fourth-order valence-corrected chi connectivity index (χ4v) is 5.44. The lowest BCUT2D eigenvalue weighted by molar-refractivity contribution is 0.0385. The molecular weight excluding hydrogens is 242 g/mol. The van der Waals surface area contributed by atoms with Crippen molar-refractivity contribution >= 4 is 10.0 Å². The van der Waals surface area contributed by atoms with Gasteiger partial charge in [-0.3, -0.25) is 0 Å². The van der Waals surface area contributed by atoms with Gasteiger partial charge in [-0.05, 0) is 12.8 Å². The second-order valence-electron chi connectivity index (χ2n) is 5.64. The van der Waals surface area contributed by atoms with E-state index < -0.39 is 10.0 Å². The first-order chi connectivity index (χ1) is 8.16. The Kier molecular flexibility index (Phi) is 2.17. The lowest BCUT2D eigenvalue weighted by atomic mass is 9.82. The van der Waals surface area contributed by atoms with E-state index in [1.807, 2.05) is 0 Å². The third-order valence-corrected chi connectivity index (χ3v) is 6.94. The Morgan fingerprint density at radius 2 is 1.59 bits per heavy atom. The van der Waals surface area contributed by atoms with Crippen molar-refractivity contribution in [2.75, 3.05) is 26.3 Å². The van der Waals surface area contributed by atoms with Crippen LogP contribution in [0, 0.1) is 11.8 Å². The highest BCUT2D eigenvalue weighted by Crippen LogP contribution is 2.48. The van der Waals surface area contributed by atoms with Gasteiger partial charge in [0.15, 0.2) is 0 Å². The summed E-state index contributed by atoms with van der Waals surface area (Å²) >= 11 is 0. The largest absolute Gasteiger partial charge is 0.378 e. The van der Waals surface area contributed by atoms with Crippen LogP contribution in [0.4, 0.5) is 0 Å². The van der Waals surface area contributed by atoms with Crippen LogP contribution in [0.2, 0.25) is 0 Å². The molecule has 4 aliphatic rings. The molecule has 0 amide bonds. The molecule has 0 spiro atoms. The second kappa shape index (κ2) is 3.44. The van der Waals surface area contributed by atoms with Crippen molar-refractivity contribution in [1.29, 1.82) is 0 Å². The molecule has 4 rings (SSSR count). The molecule has 0 aromatic rings. The third kappa shape index (κ3) is 1.38. The third-order valence-electron chi connectivity index (χ3n) is 4.81. The van der Waals surface area contributed by atoms with Gasteiger partial charge in [0.05, 0.1) is 25.4 Å². The van der Waals surface area contributed by atoms with E-state index in [2.05, 4.69) is 0 Å². The van der Waals surface area contributed by atoms with Crippen molar-refractivity contribution in [3.05, 3.63) is 0 Å². The van der Waals surface area contributed by atoms with E-state index in [1.165, 1.54) is 0 Å². The van der Waals surface area contributed by atoms with E-state index in [0.29, 0.717) is 50.3 Å². The minimum absolute atomic E-state index is 0.292. The van der Waals surface area contributed by atoms with Crippen molar-refractivity contribution in [2.24, 2.45) is 11.8 Å². The summed E-state index contributed by atoms with van der Waals surface area (Å²) in [6.45, 7) is 2.09. The maximum absolute atomic E-state index is 12.3. The normalized spacial score (nSPS) is 46.1. The lowest BCUT2D eigenvalue weighted by Crippen LogP contribution is -2.48. The van der Waals surface area contributed by atoms with Gasteiger partial charge >= 0.3 is 0 Å². The molecular formula is C11H17NO4S. The number of hydrogen-bond acceptors (Lipinski definition) is 4. The van der Waals surface area contributed by atoms with Crippen LogP contribution < -0.4 is 0 Å². The van der Waals surface area contributed by atoms with Gasteiger partial charge in [0.1, 0.15) is 5.25 Å². The summed E-state index contributed by atoms with van der Waals surface area (Å²) in [6, 6.07) is 0. The zero-order chi connectivity index (χ0) is 11.6. The number of ether oxygens (including phenoxy) is 2. The van der Waals surface area contributed by atoms with Crippen LogP contribution in [-0.4, -0.2) is 56.5 Å². The molecule has 0 N–H and O–H groups in total. The van der Waals surface area contributed by atoms with Crippen LogP contribution in [0.1, 0.15) is 12.8 Å². The Morgan fingerprint density at radius 3 is 2.06 bits per heavy atom. The summed E-state index contributed by atoms with van der Waals surface area (Å²) in [6.07, 6.45) is 2.88. The van der Waals surface area contributed by atoms with Crippen LogP contribution in [0.5, 0.6) is 0 Å². The molecule has 0 saturated carbocycles. The van der Waals surface area contributed by atoms with Gasteiger partial charge in [-0.2, -0.15) is 0 Å². The predicted octanol–water partition coefficient (Wildman–Crippen LogP) is -0.176. The van der Waals surface area contributed by atoms with Gasteiger partial charge in [-0.25, -0.2) is 12.7 Å². The molecule has 0 aromatic heterocycles. The highest BCUT2D eigenvalue weighted by Gasteiger charge is 2.55. The first-order valence-corrected chi connectivity index (χ1v) is 7.89. The Bertz CT molecular complexity index is 415. The summed E-state index contributed by atoms with van der Waals surface area (Å²) in [7, 11) is -3.11. The van der Waals surface area contributed by atoms with Gasteiger partial charge in [-0.1, -0.05) is 0 Å². The minimum atomic E-state index is -3.11. The van der Waals surface area contributed by atoms with Crippen molar-refractivity contribution in [3.63, 3.8) is 0 Å². The van der Waals surface area contributed by atoms with Gasteiger partial charge in [0.2, 0.25) is 10.0 Å². The SMILES string of the molecule is O=S(=O)(C1COC1)N1CC2C3CCC(O3)C2C1. The maximum Gasteiger partial charge on any atom is 0.221 e. The zero-order valence-corrected chi connectivity index (χ0v) is 10.4. The highest BCUT2D eigenvalue weighted by atomic mass is 32.2. The average molecular weight is 259 g/mol. The molecule has 0 aromatic carbocycles. The van der Waals surface area contributed by atoms with E-state index in [9.17, 15) is 8.42 Å². The summed E-state index contributed by atoms with van der Waals surface area (Å²) in [5, 5.41) is -0.292. The van der Waals surface area contributed by atoms with Crippen LogP contribution in [-0.2, 0) is 19.5 Å². The summed E-state index contributed by atoms with van der Waals surface area (Å²) < 4.78 is 37.1. The molecule has 4 unspecified atom stereocenters. The van der Waals surface area contributed by atoms with Crippen LogP contribution in [0.25, 0.3) is 0 Å². The molecule has 4 aliphatic heterocycles. The van der Waals surface area contributed by atoms with E-state index in [1.54, 1.807) is 4.31 Å². The first-order valence-electron chi connectivity index (χ1n) is 6.38. The Hall–Kier alpha value is -0.170. The number of nitrogens with zero attached hydrogens (tertiary/aromatic N) is 1. The van der Waals surface area contributed by atoms with Gasteiger partial charge < -0.3 is 9.47 Å². The van der Waals surface area contributed by atoms with Gasteiger partial charge in [0, 0.05) is 24.9 Å². The number of hydrogen-bond donors (Lipinski definition) is 0. The van der Waals surface area contributed by atoms with Crippen LogP contribution in [0.15, 0.2) is 0 Å². The minimum Gasteiger partial charge on any atom is -0.378 e. The quantitative estimate of drug-likeness (QED) is 0.690. The average Bonchev–Trinajstić information content (AvgIpc) is 2.86. The number of sulfonamides is 1. The summed E-state index contributed by atoms with van der Waals surface area (Å²) in [5.41, 5.74) is 0. The smallest absolute Gasteiger partial charge is 0.221 e. The van der Waals surface area contributed by atoms with E-state index >= 15 is 0 Å². The molecule has 0 radical (unpaired) electrons. The molecule has 17 heavy (non-hydrogen) atoms. The zero-order valence-electron chi connectivity index (χ0n) is 9.62. The van der Waals surface area contributed by atoms with E-state index in [0.717, 1.165) is 12.8 Å². The Morgan fingerprint density at radius 1 is 1.00 bits per heavy atom. The van der Waals surface area contributed by atoms with E-state index in [-0.39, 0.29) is 5.25 Å². The molecule has 2 bridgehead atoms. The fraction of sp³-hybridized carbons (Fsp3) is 1.00. The summed E-state index contributed by atoms with van der Waals surface area (Å²) in [5.74, 6) is 0.897. The molecule has 6 heteroatoms. The van der Waals surface area contributed by atoms with Crippen molar-refractivity contribution in [3.8, 4) is 0 Å². The van der Waals surface area contributed by atoms with Crippen molar-refractivity contribution in [2.45, 2.75) is 30.3 Å². The molecule has 5 nitrogen and oxygen atoms in total. The standard InChI is InChI=1S/C11H17NO4S/c13-17(14,7-5-15-6-7)12-3-8-9(4-12)11-2-1-10(8)16-11/h7-11H,1-6H2. The topological polar surface area (TPSA) is 55.8 Å². The molecule has 4 atom stereocenters. The second-order valence-corrected chi connectivity index (χ2v) is 7.85. The van der Waals surface area contributed by atoms with Gasteiger partial charge in [-0.15, -0.1) is 0 Å². The Balaban J connectivity index is 1.55. The number of rotatable bonds is 2. The Labute approximate surface area is 101 Å². The lowest BCUT2D eigenvalue weighted by Gasteiger charge is -2.30. The van der Waals surface area contributed by atoms with Crippen molar-refractivity contribution < 1.29 is 17.9 Å². The highest BCUT2D eigenvalue weighted by molar-refractivity contribution is 7.89. The molecule has 4 heterocycles. The molecule has 0 aliphatic carbocycles. The summed E-state index contributed by atoms with van der Waals surface area (Å²) in [4.78, 5) is 0. The predicted molar refractivity (Wildman–Crippen MR) is 60.0 cm³/mol.